The maximum Gasteiger partial charge on any atom is 0.335 e. The van der Waals surface area contributed by atoms with Crippen LogP contribution in [0.15, 0.2) is 80.5 Å². The van der Waals surface area contributed by atoms with E-state index in [4.69, 9.17) is 9.84 Å². The van der Waals surface area contributed by atoms with Crippen molar-refractivity contribution in [1.82, 2.24) is 19.7 Å². The predicted molar refractivity (Wildman–Crippen MR) is 133 cm³/mol. The Bertz CT molecular complexity index is 1580. The Morgan fingerprint density at radius 1 is 1.11 bits per heavy atom. The van der Waals surface area contributed by atoms with Gasteiger partial charge in [0.2, 0.25) is 10.3 Å². The van der Waals surface area contributed by atoms with E-state index in [9.17, 15) is 9.59 Å². The Balaban J connectivity index is 1.58. The lowest BCUT2D eigenvalue weighted by atomic mass is 10.1. The van der Waals surface area contributed by atoms with E-state index >= 15 is 0 Å². The molecule has 2 N–H and O–H groups in total. The molecule has 5 aromatic rings. The van der Waals surface area contributed by atoms with Crippen LogP contribution >= 0.6 is 22.7 Å². The standard InChI is InChI=1S/C23H16N6O4S2/c1-33-16-4-2-3-15(11-16)18-19(26-27-22-24-9-10-34-22)20(30)29(28-18)23-25-17(12-35-23)13-5-7-14(8-6-13)21(31)32/h2-12,28H,1H3,(H,31,32). The van der Waals surface area contributed by atoms with E-state index < -0.39 is 11.5 Å². The monoisotopic (exact) mass is 504 g/mol. The maximum atomic E-state index is 13.4. The smallest absolute Gasteiger partial charge is 0.335 e. The quantitative estimate of drug-likeness (QED) is 0.280. The van der Waals surface area contributed by atoms with Gasteiger partial charge in [0.15, 0.2) is 5.69 Å². The number of carboxylic acids is 1. The number of aromatic amines is 1. The highest BCUT2D eigenvalue weighted by Crippen LogP contribution is 2.32. The van der Waals surface area contributed by atoms with Crippen LogP contribution < -0.4 is 10.3 Å². The van der Waals surface area contributed by atoms with Gasteiger partial charge in [-0.3, -0.25) is 9.89 Å². The van der Waals surface area contributed by atoms with Crippen molar-refractivity contribution in [3.8, 4) is 33.4 Å². The van der Waals surface area contributed by atoms with Crippen LogP contribution in [0.1, 0.15) is 10.4 Å². The fourth-order valence-corrected chi connectivity index (χ4v) is 4.52. The minimum Gasteiger partial charge on any atom is -0.497 e. The number of thiazole rings is 2. The molecule has 3 heterocycles. The summed E-state index contributed by atoms with van der Waals surface area (Å²) in [4.78, 5) is 33.1. The summed E-state index contributed by atoms with van der Waals surface area (Å²) in [6, 6.07) is 13.6. The van der Waals surface area contributed by atoms with Gasteiger partial charge in [0.05, 0.1) is 24.1 Å². The molecule has 0 aliphatic heterocycles. The fraction of sp³-hybridized carbons (Fsp3) is 0.0435. The van der Waals surface area contributed by atoms with Crippen molar-refractivity contribution in [2.24, 2.45) is 10.2 Å². The van der Waals surface area contributed by atoms with E-state index in [1.54, 1.807) is 48.3 Å². The molecular weight excluding hydrogens is 488 g/mol. The first kappa shape index (κ1) is 22.4. The van der Waals surface area contributed by atoms with Gasteiger partial charge in [-0.1, -0.05) is 24.3 Å². The van der Waals surface area contributed by atoms with Gasteiger partial charge in [0, 0.05) is 28.1 Å². The minimum atomic E-state index is -1.00. The Morgan fingerprint density at radius 2 is 1.94 bits per heavy atom. The fourth-order valence-electron chi connectivity index (χ4n) is 3.28. The highest BCUT2D eigenvalue weighted by atomic mass is 32.1. The number of aromatic nitrogens is 4. The number of nitrogens with zero attached hydrogens (tertiary/aromatic N) is 5. The van der Waals surface area contributed by atoms with Gasteiger partial charge in [0.25, 0.3) is 0 Å². The molecule has 0 saturated carbocycles. The van der Waals surface area contributed by atoms with Crippen LogP contribution in [0.5, 0.6) is 5.75 Å². The van der Waals surface area contributed by atoms with Gasteiger partial charge in [-0.05, 0) is 24.3 Å². The number of hydrogen-bond acceptors (Lipinski definition) is 9. The second kappa shape index (κ2) is 9.44. The third-order valence-electron chi connectivity index (χ3n) is 4.99. The van der Waals surface area contributed by atoms with Gasteiger partial charge in [-0.15, -0.1) is 32.9 Å². The third kappa shape index (κ3) is 4.52. The Hall–Kier alpha value is -4.42. The van der Waals surface area contributed by atoms with Crippen LogP contribution in [-0.2, 0) is 0 Å². The molecule has 12 heteroatoms. The summed E-state index contributed by atoms with van der Waals surface area (Å²) in [5, 5.41) is 24.9. The number of carboxylic acid groups (broad SMARTS) is 1. The summed E-state index contributed by atoms with van der Waals surface area (Å²) < 4.78 is 6.63. The van der Waals surface area contributed by atoms with Gasteiger partial charge in [-0.2, -0.15) is 4.68 Å². The van der Waals surface area contributed by atoms with E-state index in [0.29, 0.717) is 33.0 Å². The number of ether oxygens (including phenoxy) is 1. The second-order valence-corrected chi connectivity index (χ2v) is 8.83. The zero-order valence-corrected chi connectivity index (χ0v) is 19.7. The molecule has 0 unspecified atom stereocenters. The van der Waals surface area contributed by atoms with Crippen molar-refractivity contribution in [2.45, 2.75) is 0 Å². The van der Waals surface area contributed by atoms with Crippen LogP contribution in [0.25, 0.3) is 27.6 Å². The van der Waals surface area contributed by atoms with Crippen molar-refractivity contribution in [3.05, 3.63) is 81.4 Å². The van der Waals surface area contributed by atoms with Crippen LogP contribution in [0.4, 0.5) is 10.8 Å². The maximum absolute atomic E-state index is 13.4. The molecule has 0 radical (unpaired) electrons. The highest BCUT2D eigenvalue weighted by molar-refractivity contribution is 7.13. The number of carbonyl (C=O) groups is 1. The summed E-state index contributed by atoms with van der Waals surface area (Å²) >= 11 is 2.56. The molecule has 174 valence electrons. The number of hydrogen-bond donors (Lipinski definition) is 2. The summed E-state index contributed by atoms with van der Waals surface area (Å²) in [5.41, 5.74) is 2.35. The molecule has 0 bridgehead atoms. The number of aromatic carboxylic acids is 1. The molecule has 0 amide bonds. The van der Waals surface area contributed by atoms with Crippen molar-refractivity contribution in [1.29, 1.82) is 0 Å². The topological polar surface area (TPSA) is 135 Å². The molecule has 2 aromatic carbocycles. The van der Waals surface area contributed by atoms with Crippen LogP contribution in [0.3, 0.4) is 0 Å². The highest BCUT2D eigenvalue weighted by Gasteiger charge is 2.20. The SMILES string of the molecule is COc1cccc(-c2[nH]n(-c3nc(-c4ccc(C(=O)O)cc4)cs3)c(=O)c2N=Nc2nccs2)c1. The van der Waals surface area contributed by atoms with E-state index in [2.05, 4.69) is 25.3 Å². The van der Waals surface area contributed by atoms with Gasteiger partial charge in [0.1, 0.15) is 5.75 Å². The summed E-state index contributed by atoms with van der Waals surface area (Å²) in [6.07, 6.45) is 1.61. The molecule has 10 nitrogen and oxygen atoms in total. The first-order valence-corrected chi connectivity index (χ1v) is 11.9. The normalized spacial score (nSPS) is 11.2. The van der Waals surface area contributed by atoms with Gasteiger partial charge < -0.3 is 9.84 Å². The first-order chi connectivity index (χ1) is 17.0. The van der Waals surface area contributed by atoms with Gasteiger partial charge in [-0.25, -0.2) is 14.8 Å². The van der Waals surface area contributed by atoms with Crippen LogP contribution in [0, 0.1) is 0 Å². The number of azo groups is 1. The van der Waals surface area contributed by atoms with Gasteiger partial charge >= 0.3 is 11.5 Å². The summed E-state index contributed by atoms with van der Waals surface area (Å²) in [6.45, 7) is 0. The molecule has 3 aromatic heterocycles. The zero-order chi connectivity index (χ0) is 24.4. The molecule has 35 heavy (non-hydrogen) atoms. The molecule has 0 aliphatic rings. The van der Waals surface area contributed by atoms with E-state index in [0.717, 1.165) is 5.56 Å². The van der Waals surface area contributed by atoms with Crippen molar-refractivity contribution in [3.63, 3.8) is 0 Å². The van der Waals surface area contributed by atoms with E-state index in [1.165, 1.54) is 39.5 Å². The van der Waals surface area contributed by atoms with E-state index in [-0.39, 0.29) is 11.3 Å². The number of benzene rings is 2. The molecule has 0 spiro atoms. The molecule has 0 atom stereocenters. The molecule has 0 saturated heterocycles. The lowest BCUT2D eigenvalue weighted by Gasteiger charge is -2.03. The average molecular weight is 505 g/mol. The predicted octanol–water partition coefficient (Wildman–Crippen LogP) is 5.53. The molecule has 0 aliphatic carbocycles. The third-order valence-corrected chi connectivity index (χ3v) is 6.47. The average Bonchev–Trinajstić information content (AvgIpc) is 3.63. The lowest BCUT2D eigenvalue weighted by molar-refractivity contribution is 0.0697. The summed E-state index contributed by atoms with van der Waals surface area (Å²) in [5.74, 6) is -0.377. The van der Waals surface area contributed by atoms with Crippen LogP contribution in [0.2, 0.25) is 0 Å². The molecule has 5 rings (SSSR count). The van der Waals surface area contributed by atoms with Crippen molar-refractivity contribution >= 4 is 39.5 Å². The molecule has 0 fully saturated rings. The Kier molecular flexibility index (Phi) is 6.04. The lowest BCUT2D eigenvalue weighted by Crippen LogP contribution is -2.13. The Morgan fingerprint density at radius 3 is 2.66 bits per heavy atom. The number of rotatable bonds is 7. The number of H-pyrrole nitrogens is 1. The minimum absolute atomic E-state index is 0.107. The molecular formula is C23H16N6O4S2. The van der Waals surface area contributed by atoms with E-state index in [1.807, 2.05) is 12.1 Å². The van der Waals surface area contributed by atoms with Crippen molar-refractivity contribution < 1.29 is 14.6 Å². The Labute approximate surface area is 205 Å². The van der Waals surface area contributed by atoms with Crippen LogP contribution in [-0.4, -0.2) is 37.9 Å². The number of nitrogens with one attached hydrogen (secondary N) is 1. The largest absolute Gasteiger partial charge is 0.497 e. The second-order valence-electron chi connectivity index (χ2n) is 7.12. The van der Waals surface area contributed by atoms with Crippen molar-refractivity contribution in [2.75, 3.05) is 7.11 Å². The summed E-state index contributed by atoms with van der Waals surface area (Å²) in [7, 11) is 1.57. The number of methoxy groups -OCH3 is 1. The first-order valence-electron chi connectivity index (χ1n) is 10.1. The zero-order valence-electron chi connectivity index (χ0n) is 18.1.